The van der Waals surface area contributed by atoms with E-state index in [9.17, 15) is 10.1 Å². The predicted octanol–water partition coefficient (Wildman–Crippen LogP) is 5.54. The van der Waals surface area contributed by atoms with Crippen LogP contribution in [0.4, 0.5) is 0 Å². The van der Waals surface area contributed by atoms with E-state index < -0.39 is 12.1 Å². The Labute approximate surface area is 299 Å². The van der Waals surface area contributed by atoms with Crippen LogP contribution in [0.3, 0.4) is 0 Å². The smallest absolute Gasteiger partial charge is 0.306 e. The van der Waals surface area contributed by atoms with E-state index in [1.165, 1.54) is 0 Å². The van der Waals surface area contributed by atoms with E-state index in [-0.39, 0.29) is 50.7 Å². The van der Waals surface area contributed by atoms with Crippen molar-refractivity contribution in [3.8, 4) is 34.8 Å². The van der Waals surface area contributed by atoms with Crippen molar-refractivity contribution in [2.45, 2.75) is 69.7 Å². The largest absolute Gasteiger partial charge is 0.493 e. The van der Waals surface area contributed by atoms with Crippen LogP contribution in [-0.2, 0) is 33.5 Å². The number of carbonyl (C=O) groups excluding carboxylic acids is 1. The third-order valence-corrected chi connectivity index (χ3v) is 10.8. The zero-order valence-electron chi connectivity index (χ0n) is 29.9. The topological polar surface area (TPSA) is 112 Å². The van der Waals surface area contributed by atoms with Gasteiger partial charge in [-0.2, -0.15) is 5.26 Å². The highest BCUT2D eigenvalue weighted by Crippen LogP contribution is 2.58. The molecule has 4 heterocycles. The van der Waals surface area contributed by atoms with Crippen LogP contribution in [0.25, 0.3) is 0 Å². The van der Waals surface area contributed by atoms with Crippen LogP contribution in [0.15, 0.2) is 49.1 Å². The summed E-state index contributed by atoms with van der Waals surface area (Å²) < 4.78 is 42.4. The molecular weight excluding hydrogens is 650 g/mol. The van der Waals surface area contributed by atoms with Gasteiger partial charge in [-0.25, -0.2) is 0 Å². The van der Waals surface area contributed by atoms with Gasteiger partial charge in [0.1, 0.15) is 25.0 Å². The zero-order valence-corrected chi connectivity index (χ0v) is 29.9. The van der Waals surface area contributed by atoms with Gasteiger partial charge in [-0.15, -0.1) is 0 Å². The Balaban J connectivity index is 1.37. The number of carbonyl (C=O) groups is 1. The van der Waals surface area contributed by atoms with Crippen molar-refractivity contribution in [3.05, 3.63) is 88.0 Å². The Morgan fingerprint density at radius 2 is 1.82 bits per heavy atom. The standard InChI is InChI=1S/C40H45N3O8/c1-7-15-47-37-24(3)38-40(51-22-50-38)34-27(37)18-29-35-33-26(16-23(2)36(46-6)39(33)49-21-45-5)17-28(42(35)4)30(19-41)43(29)31(34)20-48-32(44)14-13-25-11-9-8-10-12-25/h7-12,16,28-31,35H,1,13-15,17-18,20-22H2,2-6H3/t28-,29?,30-,31-,35-/m0/s1. The maximum absolute atomic E-state index is 13.4. The molecule has 0 aliphatic carbocycles. The number of nitriles is 1. The Morgan fingerprint density at radius 1 is 1.04 bits per heavy atom. The zero-order chi connectivity index (χ0) is 35.8. The highest BCUT2D eigenvalue weighted by Gasteiger charge is 2.57. The van der Waals surface area contributed by atoms with Gasteiger partial charge in [-0.1, -0.05) is 49.1 Å². The van der Waals surface area contributed by atoms with E-state index in [2.05, 4.69) is 35.6 Å². The number of likely N-dealkylation sites (N-methyl/N-ethyl adjacent to an activating group) is 1. The third-order valence-electron chi connectivity index (χ3n) is 10.8. The number of benzene rings is 3. The minimum Gasteiger partial charge on any atom is -0.493 e. The summed E-state index contributed by atoms with van der Waals surface area (Å²) >= 11 is 0. The SMILES string of the molecule is C=CCOc1c(C)c2c(c3c1CC1[C@H]4c5c(cc(C)c(OC)c5OCOC)C[C@@H]([C@H](C#N)N1[C@H]3COC(=O)CCc1ccccc1)N4C)OCO2. The predicted molar refractivity (Wildman–Crippen MR) is 188 cm³/mol. The normalized spacial score (nSPS) is 22.9. The van der Waals surface area contributed by atoms with E-state index in [4.69, 9.17) is 33.2 Å². The molecule has 3 aromatic rings. The molecule has 2 bridgehead atoms. The average Bonchev–Trinajstić information content (AvgIpc) is 3.63. The molecule has 51 heavy (non-hydrogen) atoms. The van der Waals surface area contributed by atoms with Crippen LogP contribution in [0.5, 0.6) is 28.7 Å². The average molecular weight is 696 g/mol. The van der Waals surface area contributed by atoms with Gasteiger partial charge in [0.25, 0.3) is 0 Å². The van der Waals surface area contributed by atoms with Crippen molar-refractivity contribution in [2.24, 2.45) is 0 Å². The molecule has 4 aliphatic heterocycles. The van der Waals surface area contributed by atoms with Crippen molar-refractivity contribution in [1.29, 1.82) is 5.26 Å². The van der Waals surface area contributed by atoms with Crippen LogP contribution < -0.4 is 23.7 Å². The molecule has 0 aromatic heterocycles. The van der Waals surface area contributed by atoms with Crippen molar-refractivity contribution < 1.29 is 38.0 Å². The summed E-state index contributed by atoms with van der Waals surface area (Å²) in [5.41, 5.74) is 6.75. The maximum atomic E-state index is 13.4. The number of fused-ring (bicyclic) bond motifs is 9. The molecule has 1 unspecified atom stereocenters. The van der Waals surface area contributed by atoms with Crippen molar-refractivity contribution in [3.63, 3.8) is 0 Å². The van der Waals surface area contributed by atoms with E-state index >= 15 is 0 Å². The van der Waals surface area contributed by atoms with Gasteiger partial charge in [0.2, 0.25) is 6.79 Å². The van der Waals surface area contributed by atoms with Gasteiger partial charge in [0.15, 0.2) is 29.8 Å². The van der Waals surface area contributed by atoms with Gasteiger partial charge >= 0.3 is 5.97 Å². The minimum atomic E-state index is -0.534. The maximum Gasteiger partial charge on any atom is 0.306 e. The number of hydrogen-bond acceptors (Lipinski definition) is 11. The van der Waals surface area contributed by atoms with Crippen molar-refractivity contribution in [2.75, 3.05) is 48.1 Å². The number of ether oxygens (including phenoxy) is 7. The van der Waals surface area contributed by atoms with E-state index in [0.717, 1.165) is 38.9 Å². The second-order valence-corrected chi connectivity index (χ2v) is 13.5. The first kappa shape index (κ1) is 34.7. The first-order valence-electron chi connectivity index (χ1n) is 17.4. The van der Waals surface area contributed by atoms with Crippen LogP contribution in [-0.4, -0.2) is 82.0 Å². The molecule has 0 radical (unpaired) electrons. The number of rotatable bonds is 12. The van der Waals surface area contributed by atoms with Crippen molar-refractivity contribution in [1.82, 2.24) is 9.80 Å². The molecule has 11 nitrogen and oxygen atoms in total. The van der Waals surface area contributed by atoms with Gasteiger partial charge < -0.3 is 33.2 Å². The van der Waals surface area contributed by atoms with Crippen molar-refractivity contribution >= 4 is 5.97 Å². The number of esters is 1. The molecule has 7 rings (SSSR count). The fraction of sp³-hybridized carbons (Fsp3) is 0.450. The Morgan fingerprint density at radius 3 is 2.55 bits per heavy atom. The molecule has 1 fully saturated rings. The van der Waals surface area contributed by atoms with Crippen LogP contribution in [0.2, 0.25) is 0 Å². The molecule has 0 amide bonds. The highest BCUT2D eigenvalue weighted by atomic mass is 16.7. The second kappa shape index (κ2) is 14.5. The van der Waals surface area contributed by atoms with Gasteiger partial charge in [0.05, 0.1) is 25.3 Å². The molecule has 0 spiro atoms. The molecule has 3 aromatic carbocycles. The lowest BCUT2D eigenvalue weighted by Gasteiger charge is -2.60. The van der Waals surface area contributed by atoms with Gasteiger partial charge in [-0.3, -0.25) is 14.6 Å². The number of hydrogen-bond donors (Lipinski definition) is 0. The highest BCUT2D eigenvalue weighted by molar-refractivity contribution is 5.70. The molecule has 0 saturated carbocycles. The fourth-order valence-electron chi connectivity index (χ4n) is 8.70. The second-order valence-electron chi connectivity index (χ2n) is 13.5. The lowest BCUT2D eigenvalue weighted by Crippen LogP contribution is -2.68. The lowest BCUT2D eigenvalue weighted by atomic mass is 9.71. The molecule has 0 N–H and O–H groups in total. The third kappa shape index (κ3) is 5.95. The molecule has 268 valence electrons. The fourth-order valence-corrected chi connectivity index (χ4v) is 8.70. The summed E-state index contributed by atoms with van der Waals surface area (Å²) in [4.78, 5) is 18.0. The summed E-state index contributed by atoms with van der Waals surface area (Å²) in [7, 11) is 5.33. The van der Waals surface area contributed by atoms with Gasteiger partial charge in [-0.05, 0) is 56.8 Å². The Bertz CT molecular complexity index is 1860. The number of nitrogens with zero attached hydrogens (tertiary/aromatic N) is 3. The quantitative estimate of drug-likeness (QED) is 0.135. The van der Waals surface area contributed by atoms with E-state index in [1.807, 2.05) is 44.2 Å². The first-order valence-corrected chi connectivity index (χ1v) is 17.4. The number of piperazine rings is 1. The van der Waals surface area contributed by atoms with Crippen LogP contribution >= 0.6 is 0 Å². The summed E-state index contributed by atoms with van der Waals surface area (Å²) in [6.07, 6.45) is 3.66. The Hall–Kier alpha value is -4.76. The summed E-state index contributed by atoms with van der Waals surface area (Å²) in [6, 6.07) is 13.0. The number of aryl methyl sites for hydroxylation is 2. The first-order chi connectivity index (χ1) is 24.8. The molecule has 5 atom stereocenters. The van der Waals surface area contributed by atoms with Crippen LogP contribution in [0.1, 0.15) is 57.4 Å². The minimum absolute atomic E-state index is 0.0231. The summed E-state index contributed by atoms with van der Waals surface area (Å²) in [6.45, 7) is 8.29. The lowest BCUT2D eigenvalue weighted by molar-refractivity contribution is -0.149. The van der Waals surface area contributed by atoms with E-state index in [0.29, 0.717) is 54.6 Å². The van der Waals surface area contributed by atoms with E-state index in [1.54, 1.807) is 20.3 Å². The Kier molecular flexibility index (Phi) is 9.84. The molecule has 1 saturated heterocycles. The van der Waals surface area contributed by atoms with Crippen LogP contribution in [0, 0.1) is 25.2 Å². The molecule has 11 heteroatoms. The molecular formula is C40H45N3O8. The number of methoxy groups -OCH3 is 2. The summed E-state index contributed by atoms with van der Waals surface area (Å²) in [5, 5.41) is 11.0. The van der Waals surface area contributed by atoms with Gasteiger partial charge in [0, 0.05) is 47.9 Å². The monoisotopic (exact) mass is 695 g/mol. The molecule has 4 aliphatic rings. The summed E-state index contributed by atoms with van der Waals surface area (Å²) in [5.74, 6) is 2.90.